The molecular weight excluding hydrogens is 322 g/mol. The number of carbonyl (C=O) groups is 1. The van der Waals surface area contributed by atoms with E-state index in [0.29, 0.717) is 18.3 Å². The zero-order valence-corrected chi connectivity index (χ0v) is 13.7. The van der Waals surface area contributed by atoms with Crippen LogP contribution in [0.15, 0.2) is 27.7 Å². The summed E-state index contributed by atoms with van der Waals surface area (Å²) in [7, 11) is 1.27. The lowest BCUT2D eigenvalue weighted by atomic mass is 10.1. The fraction of sp³-hybridized carbons (Fsp3) is 0.278. The van der Waals surface area contributed by atoms with Crippen LogP contribution in [0.2, 0.25) is 0 Å². The lowest BCUT2D eigenvalue weighted by Gasteiger charge is -2.03. The molecule has 1 saturated carbocycles. The third kappa shape index (κ3) is 2.88. The maximum Gasteiger partial charge on any atom is 0.347 e. The molecule has 1 aliphatic heterocycles. The van der Waals surface area contributed by atoms with E-state index in [1.165, 1.54) is 7.11 Å². The largest absolute Gasteiger partial charge is 0.504 e. The predicted molar refractivity (Wildman–Crippen MR) is 93.2 cm³/mol. The number of anilines is 1. The highest BCUT2D eigenvalue weighted by Gasteiger charge is 2.28. The fourth-order valence-corrected chi connectivity index (χ4v) is 2.69. The van der Waals surface area contributed by atoms with Gasteiger partial charge in [0.15, 0.2) is 22.9 Å². The average molecular weight is 339 g/mol. The van der Waals surface area contributed by atoms with Crippen LogP contribution < -0.4 is 5.32 Å². The Kier molecular flexibility index (Phi) is 3.76. The summed E-state index contributed by atoms with van der Waals surface area (Å²) in [5.74, 6) is 0.704. The summed E-state index contributed by atoms with van der Waals surface area (Å²) >= 11 is 0. The van der Waals surface area contributed by atoms with Gasteiger partial charge in [-0.3, -0.25) is 0 Å². The molecule has 25 heavy (non-hydrogen) atoms. The molecule has 0 bridgehead atoms. The van der Waals surface area contributed by atoms with E-state index in [4.69, 9.17) is 9.15 Å². The van der Waals surface area contributed by atoms with Crippen LogP contribution in [0.4, 0.5) is 11.7 Å². The van der Waals surface area contributed by atoms with Crippen molar-refractivity contribution in [3.8, 4) is 5.75 Å². The van der Waals surface area contributed by atoms with Crippen LogP contribution in [0.25, 0.3) is 11.6 Å². The smallest absolute Gasteiger partial charge is 0.347 e. The van der Waals surface area contributed by atoms with E-state index in [1.54, 1.807) is 18.5 Å². The highest BCUT2D eigenvalue weighted by molar-refractivity contribution is 6.21. The highest BCUT2D eigenvalue weighted by Crippen LogP contribution is 2.39. The number of hydrogen-bond acceptors (Lipinski definition) is 7. The van der Waals surface area contributed by atoms with Gasteiger partial charge in [-0.05, 0) is 37.0 Å². The van der Waals surface area contributed by atoms with E-state index in [-0.39, 0.29) is 23.0 Å². The molecule has 3 heterocycles. The third-order valence-electron chi connectivity index (χ3n) is 4.26. The summed E-state index contributed by atoms with van der Waals surface area (Å²) < 4.78 is 10.5. The third-order valence-corrected chi connectivity index (χ3v) is 4.26. The second-order valence-electron chi connectivity index (χ2n) is 6.07. The van der Waals surface area contributed by atoms with Gasteiger partial charge < -0.3 is 19.6 Å². The minimum Gasteiger partial charge on any atom is -0.504 e. The summed E-state index contributed by atoms with van der Waals surface area (Å²) in [6, 6.07) is 3.69. The number of fused-ring (bicyclic) bond motifs is 1. The molecule has 0 aromatic carbocycles. The van der Waals surface area contributed by atoms with Gasteiger partial charge in [0, 0.05) is 30.1 Å². The number of nitrogens with one attached hydrogen (secondary N) is 1. The number of ether oxygens (including phenoxy) is 1. The van der Waals surface area contributed by atoms with Crippen LogP contribution in [0.1, 0.15) is 34.5 Å². The zero-order valence-electron chi connectivity index (χ0n) is 13.7. The Morgan fingerprint density at radius 1 is 1.52 bits per heavy atom. The van der Waals surface area contributed by atoms with Gasteiger partial charge in [-0.15, -0.1) is 0 Å². The van der Waals surface area contributed by atoms with Crippen molar-refractivity contribution in [1.82, 2.24) is 4.98 Å². The highest BCUT2D eigenvalue weighted by atomic mass is 16.5. The van der Waals surface area contributed by atoms with Crippen LogP contribution in [-0.4, -0.2) is 35.9 Å². The summed E-state index contributed by atoms with van der Waals surface area (Å²) in [6.45, 7) is 0.696. The molecule has 2 aliphatic rings. The van der Waals surface area contributed by atoms with Crippen LogP contribution >= 0.6 is 0 Å². The first-order chi connectivity index (χ1) is 12.2. The molecule has 1 fully saturated rings. The molecular formula is C18H17N3O4. The second kappa shape index (κ2) is 6.08. The summed E-state index contributed by atoms with van der Waals surface area (Å²) in [6.07, 6.45) is 7.27. The molecule has 128 valence electrons. The molecule has 0 unspecified atom stereocenters. The SMILES string of the molecule is COC(=O)c1c(NCC2CC2)oc(C=C2C=Nc3ncccc32)c1O. The number of nitrogens with zero attached hydrogens (tertiary/aromatic N) is 2. The molecule has 7 nitrogen and oxygen atoms in total. The predicted octanol–water partition coefficient (Wildman–Crippen LogP) is 3.25. The first-order valence-electron chi connectivity index (χ1n) is 8.06. The van der Waals surface area contributed by atoms with Crippen molar-refractivity contribution in [3.05, 3.63) is 35.2 Å². The van der Waals surface area contributed by atoms with E-state index in [1.807, 2.05) is 12.1 Å². The number of esters is 1. The number of furan rings is 1. The maximum atomic E-state index is 12.0. The number of carbonyl (C=O) groups excluding carboxylic acids is 1. The average Bonchev–Trinajstić information content (AvgIpc) is 3.30. The van der Waals surface area contributed by atoms with Gasteiger partial charge in [-0.1, -0.05) is 0 Å². The molecule has 0 atom stereocenters. The van der Waals surface area contributed by atoms with E-state index >= 15 is 0 Å². The Bertz CT molecular complexity index is 894. The number of aromatic hydroxyl groups is 1. The molecule has 0 spiro atoms. The molecule has 4 rings (SSSR count). The van der Waals surface area contributed by atoms with Crippen molar-refractivity contribution in [1.29, 1.82) is 0 Å². The molecule has 2 aromatic rings. The number of rotatable bonds is 5. The van der Waals surface area contributed by atoms with Crippen molar-refractivity contribution in [2.75, 3.05) is 19.0 Å². The number of allylic oxidation sites excluding steroid dienone is 1. The Morgan fingerprint density at radius 3 is 3.12 bits per heavy atom. The standard InChI is InChI=1S/C18H17N3O4/c1-24-18(23)14-15(22)13(25-17(14)21-8-10-4-5-10)7-11-9-20-16-12(11)3-2-6-19-16/h2-3,6-7,9-10,21-22H,4-5,8H2,1H3. The monoisotopic (exact) mass is 339 g/mol. The number of aliphatic imine (C=N–C) groups is 1. The van der Waals surface area contributed by atoms with E-state index in [0.717, 1.165) is 24.0 Å². The maximum absolute atomic E-state index is 12.0. The van der Waals surface area contributed by atoms with E-state index in [9.17, 15) is 9.90 Å². The minimum absolute atomic E-state index is 0.0105. The quantitative estimate of drug-likeness (QED) is 0.812. The van der Waals surface area contributed by atoms with Crippen molar-refractivity contribution in [2.45, 2.75) is 12.8 Å². The zero-order chi connectivity index (χ0) is 17.4. The van der Waals surface area contributed by atoms with Crippen molar-refractivity contribution in [3.63, 3.8) is 0 Å². The van der Waals surface area contributed by atoms with E-state index < -0.39 is 5.97 Å². The van der Waals surface area contributed by atoms with Gasteiger partial charge >= 0.3 is 5.97 Å². The second-order valence-corrected chi connectivity index (χ2v) is 6.07. The molecule has 0 radical (unpaired) electrons. The van der Waals surface area contributed by atoms with Crippen molar-refractivity contribution >= 4 is 35.5 Å². The number of methoxy groups -OCH3 is 1. The Balaban J connectivity index is 1.71. The number of pyridine rings is 1. The van der Waals surface area contributed by atoms with Crippen LogP contribution in [-0.2, 0) is 4.74 Å². The number of hydrogen-bond donors (Lipinski definition) is 2. The topological polar surface area (TPSA) is 97.0 Å². The Hall–Kier alpha value is -3.09. The first kappa shape index (κ1) is 15.4. The summed E-state index contributed by atoms with van der Waals surface area (Å²) in [5, 5.41) is 13.6. The normalized spacial score (nSPS) is 16.9. The Labute approximate surface area is 144 Å². The van der Waals surface area contributed by atoms with Gasteiger partial charge in [0.05, 0.1) is 7.11 Å². The summed E-state index contributed by atoms with van der Waals surface area (Å²) in [5.41, 5.74) is 1.60. The summed E-state index contributed by atoms with van der Waals surface area (Å²) in [4.78, 5) is 20.4. The molecule has 7 heteroatoms. The van der Waals surface area contributed by atoms with Crippen molar-refractivity contribution < 1.29 is 19.1 Å². The van der Waals surface area contributed by atoms with Gasteiger partial charge in [0.1, 0.15) is 0 Å². The molecule has 2 N–H and O–H groups in total. The van der Waals surface area contributed by atoms with E-state index in [2.05, 4.69) is 15.3 Å². The Morgan fingerprint density at radius 2 is 2.36 bits per heavy atom. The fourth-order valence-electron chi connectivity index (χ4n) is 2.69. The molecule has 0 amide bonds. The minimum atomic E-state index is -0.647. The van der Waals surface area contributed by atoms with Crippen molar-refractivity contribution in [2.24, 2.45) is 10.9 Å². The lowest BCUT2D eigenvalue weighted by Crippen LogP contribution is -2.08. The molecule has 2 aromatic heterocycles. The van der Waals surface area contributed by atoms with Crippen LogP contribution in [0.5, 0.6) is 5.75 Å². The number of aromatic nitrogens is 1. The van der Waals surface area contributed by atoms with Crippen LogP contribution in [0, 0.1) is 5.92 Å². The molecule has 1 aliphatic carbocycles. The van der Waals surface area contributed by atoms with Gasteiger partial charge in [-0.2, -0.15) is 0 Å². The van der Waals surface area contributed by atoms with Gasteiger partial charge in [0.25, 0.3) is 0 Å². The lowest BCUT2D eigenvalue weighted by molar-refractivity contribution is 0.0598. The van der Waals surface area contributed by atoms with Gasteiger partial charge in [0.2, 0.25) is 5.88 Å². The van der Waals surface area contributed by atoms with Gasteiger partial charge in [-0.25, -0.2) is 14.8 Å². The van der Waals surface area contributed by atoms with Crippen LogP contribution in [0.3, 0.4) is 0 Å². The molecule has 0 saturated heterocycles. The first-order valence-corrected chi connectivity index (χ1v) is 8.06.